The minimum Gasteiger partial charge on any atom is -0.493 e. The topological polar surface area (TPSA) is 59.4 Å². The summed E-state index contributed by atoms with van der Waals surface area (Å²) in [6.45, 7) is 2.19. The first-order chi connectivity index (χ1) is 14.9. The van der Waals surface area contributed by atoms with Crippen molar-refractivity contribution in [3.8, 4) is 28.1 Å². The maximum atomic E-state index is 15.1. The number of carboxylic acids is 1. The Balaban J connectivity index is 1.90. The van der Waals surface area contributed by atoms with Gasteiger partial charge < -0.3 is 9.84 Å². The third-order valence-corrected chi connectivity index (χ3v) is 4.80. The molecule has 0 aliphatic carbocycles. The SMILES string of the molecule is CCOc1ccccc1-c1cc(F)c(-c2cc(C(=O)O)c3cc(F)ccc3n2)c(F)c1. The van der Waals surface area contributed by atoms with Crippen LogP contribution in [0.3, 0.4) is 0 Å². The number of rotatable bonds is 5. The quantitative estimate of drug-likeness (QED) is 0.422. The average molecular weight is 423 g/mol. The van der Waals surface area contributed by atoms with Crippen LogP contribution < -0.4 is 4.74 Å². The summed E-state index contributed by atoms with van der Waals surface area (Å²) >= 11 is 0. The molecule has 4 nitrogen and oxygen atoms in total. The molecule has 0 aliphatic rings. The summed E-state index contributed by atoms with van der Waals surface area (Å²) < 4.78 is 49.2. The number of nitrogens with zero attached hydrogens (tertiary/aromatic N) is 1. The van der Waals surface area contributed by atoms with Crippen LogP contribution >= 0.6 is 0 Å². The smallest absolute Gasteiger partial charge is 0.336 e. The van der Waals surface area contributed by atoms with Crippen LogP contribution in [-0.2, 0) is 0 Å². The number of carbonyl (C=O) groups is 1. The van der Waals surface area contributed by atoms with E-state index >= 15 is 8.78 Å². The van der Waals surface area contributed by atoms with Crippen molar-refractivity contribution in [2.75, 3.05) is 6.61 Å². The van der Waals surface area contributed by atoms with Gasteiger partial charge >= 0.3 is 5.97 Å². The third kappa shape index (κ3) is 3.82. The molecule has 1 aromatic heterocycles. The summed E-state index contributed by atoms with van der Waals surface area (Å²) in [7, 11) is 0. The van der Waals surface area contributed by atoms with E-state index in [0.29, 0.717) is 17.9 Å². The first-order valence-corrected chi connectivity index (χ1v) is 9.44. The number of pyridine rings is 1. The van der Waals surface area contributed by atoms with Crippen LogP contribution in [0.2, 0.25) is 0 Å². The van der Waals surface area contributed by atoms with Gasteiger partial charge in [-0.05, 0) is 55.0 Å². The van der Waals surface area contributed by atoms with Gasteiger partial charge in [0, 0.05) is 10.9 Å². The molecule has 0 aliphatic heterocycles. The zero-order valence-electron chi connectivity index (χ0n) is 16.3. The first kappa shape index (κ1) is 20.4. The number of hydrogen-bond donors (Lipinski definition) is 1. The molecule has 4 aromatic rings. The zero-order chi connectivity index (χ0) is 22.1. The van der Waals surface area contributed by atoms with Crippen molar-refractivity contribution in [3.63, 3.8) is 0 Å². The highest BCUT2D eigenvalue weighted by Crippen LogP contribution is 2.35. The number of carboxylic acid groups (broad SMARTS) is 1. The Morgan fingerprint density at radius 1 is 1.00 bits per heavy atom. The molecule has 0 fully saturated rings. The molecule has 4 rings (SSSR count). The van der Waals surface area contributed by atoms with Gasteiger partial charge in [-0.3, -0.25) is 0 Å². The van der Waals surface area contributed by atoms with E-state index in [2.05, 4.69) is 4.98 Å². The molecular weight excluding hydrogens is 407 g/mol. The van der Waals surface area contributed by atoms with E-state index in [9.17, 15) is 14.3 Å². The van der Waals surface area contributed by atoms with Gasteiger partial charge in [-0.15, -0.1) is 0 Å². The van der Waals surface area contributed by atoms with E-state index in [-0.39, 0.29) is 27.7 Å². The first-order valence-electron chi connectivity index (χ1n) is 9.44. The molecule has 0 amide bonds. The number of hydrogen-bond acceptors (Lipinski definition) is 3. The Morgan fingerprint density at radius 3 is 2.39 bits per heavy atom. The lowest BCUT2D eigenvalue weighted by Gasteiger charge is -2.13. The summed E-state index contributed by atoms with van der Waals surface area (Å²) in [5, 5.41) is 9.55. The molecule has 0 unspecified atom stereocenters. The maximum Gasteiger partial charge on any atom is 0.336 e. The Hall–Kier alpha value is -3.87. The lowest BCUT2D eigenvalue weighted by atomic mass is 9.99. The van der Waals surface area contributed by atoms with Gasteiger partial charge in [-0.1, -0.05) is 18.2 Å². The van der Waals surface area contributed by atoms with Gasteiger partial charge in [-0.25, -0.2) is 22.9 Å². The maximum absolute atomic E-state index is 15.1. The Kier molecular flexibility index (Phi) is 5.33. The van der Waals surface area contributed by atoms with E-state index in [1.165, 1.54) is 6.07 Å². The predicted octanol–water partition coefficient (Wildman–Crippen LogP) is 6.08. The number of halogens is 3. The fraction of sp³-hybridized carbons (Fsp3) is 0.0833. The Labute approximate surface area is 175 Å². The third-order valence-electron chi connectivity index (χ3n) is 4.80. The second kappa shape index (κ2) is 8.10. The molecule has 156 valence electrons. The number of benzene rings is 3. The fourth-order valence-electron chi connectivity index (χ4n) is 3.46. The number of para-hydroxylation sites is 1. The molecule has 0 saturated carbocycles. The van der Waals surface area contributed by atoms with Crippen molar-refractivity contribution in [1.82, 2.24) is 4.98 Å². The van der Waals surface area contributed by atoms with Crippen molar-refractivity contribution < 1.29 is 27.8 Å². The summed E-state index contributed by atoms with van der Waals surface area (Å²) in [5.74, 6) is -3.34. The lowest BCUT2D eigenvalue weighted by Crippen LogP contribution is -2.02. The average Bonchev–Trinajstić information content (AvgIpc) is 2.73. The van der Waals surface area contributed by atoms with Crippen molar-refractivity contribution in [1.29, 1.82) is 0 Å². The molecule has 0 spiro atoms. The van der Waals surface area contributed by atoms with E-state index in [0.717, 1.165) is 30.3 Å². The molecule has 0 radical (unpaired) electrons. The molecule has 3 aromatic carbocycles. The standard InChI is InChI=1S/C24H16F3NO3/c1-2-31-22-6-4-3-5-15(22)13-9-18(26)23(19(27)10-13)21-12-17(24(29)30)16-11-14(25)7-8-20(16)28-21/h3-12H,2H2,1H3,(H,29,30). The molecule has 0 atom stereocenters. The van der Waals surface area contributed by atoms with Crippen LogP contribution in [-0.4, -0.2) is 22.7 Å². The van der Waals surface area contributed by atoms with Crippen LogP contribution in [0, 0.1) is 17.5 Å². The lowest BCUT2D eigenvalue weighted by molar-refractivity contribution is 0.0699. The van der Waals surface area contributed by atoms with Gasteiger partial charge in [0.1, 0.15) is 23.2 Å². The highest BCUT2D eigenvalue weighted by atomic mass is 19.1. The molecular formula is C24H16F3NO3. The van der Waals surface area contributed by atoms with Crippen LogP contribution in [0.25, 0.3) is 33.3 Å². The van der Waals surface area contributed by atoms with Gasteiger partial charge in [0.15, 0.2) is 0 Å². The monoisotopic (exact) mass is 423 g/mol. The summed E-state index contributed by atoms with van der Waals surface area (Å²) in [4.78, 5) is 15.8. The molecule has 7 heteroatoms. The van der Waals surface area contributed by atoms with Gasteiger partial charge in [0.25, 0.3) is 0 Å². The van der Waals surface area contributed by atoms with Gasteiger partial charge in [0.2, 0.25) is 0 Å². The number of fused-ring (bicyclic) bond motifs is 1. The molecule has 1 N–H and O–H groups in total. The van der Waals surface area contributed by atoms with Gasteiger partial charge in [-0.2, -0.15) is 0 Å². The highest BCUT2D eigenvalue weighted by molar-refractivity contribution is 6.03. The van der Waals surface area contributed by atoms with Crippen LogP contribution in [0.15, 0.2) is 60.7 Å². The second-order valence-corrected chi connectivity index (χ2v) is 6.77. The summed E-state index contributed by atoms with van der Waals surface area (Å²) in [6.07, 6.45) is 0. The van der Waals surface area contributed by atoms with Crippen molar-refractivity contribution >= 4 is 16.9 Å². The summed E-state index contributed by atoms with van der Waals surface area (Å²) in [6, 6.07) is 13.6. The molecule has 31 heavy (non-hydrogen) atoms. The normalized spacial score (nSPS) is 11.0. The van der Waals surface area contributed by atoms with Gasteiger partial charge in [0.05, 0.1) is 28.9 Å². The predicted molar refractivity (Wildman–Crippen MR) is 111 cm³/mol. The number of aromatic carboxylic acids is 1. The molecule has 1 heterocycles. The Bertz CT molecular complexity index is 1300. The van der Waals surface area contributed by atoms with E-state index in [4.69, 9.17) is 4.74 Å². The van der Waals surface area contributed by atoms with Crippen molar-refractivity contribution in [2.45, 2.75) is 6.92 Å². The Morgan fingerprint density at radius 2 is 1.71 bits per heavy atom. The minimum absolute atomic E-state index is 0.0410. The minimum atomic E-state index is -1.36. The largest absolute Gasteiger partial charge is 0.493 e. The summed E-state index contributed by atoms with van der Waals surface area (Å²) in [5.41, 5.74) is -0.0709. The second-order valence-electron chi connectivity index (χ2n) is 6.77. The number of aromatic nitrogens is 1. The van der Waals surface area contributed by atoms with Crippen LogP contribution in [0.1, 0.15) is 17.3 Å². The van der Waals surface area contributed by atoms with E-state index < -0.39 is 29.0 Å². The van der Waals surface area contributed by atoms with Crippen LogP contribution in [0.5, 0.6) is 5.75 Å². The van der Waals surface area contributed by atoms with Crippen molar-refractivity contribution in [2.24, 2.45) is 0 Å². The van der Waals surface area contributed by atoms with E-state index in [1.54, 1.807) is 31.2 Å². The fourth-order valence-corrected chi connectivity index (χ4v) is 3.46. The zero-order valence-corrected chi connectivity index (χ0v) is 16.3. The van der Waals surface area contributed by atoms with Crippen LogP contribution in [0.4, 0.5) is 13.2 Å². The molecule has 0 saturated heterocycles. The highest BCUT2D eigenvalue weighted by Gasteiger charge is 2.20. The van der Waals surface area contributed by atoms with E-state index in [1.807, 2.05) is 0 Å². The number of ether oxygens (including phenoxy) is 1. The molecule has 0 bridgehead atoms. The van der Waals surface area contributed by atoms with Crippen molar-refractivity contribution in [3.05, 3.63) is 83.7 Å².